The number of aliphatic hydroxyl groups excluding tert-OH is 1. The summed E-state index contributed by atoms with van der Waals surface area (Å²) in [5.74, 6) is -1.17. The fourth-order valence-electron chi connectivity index (χ4n) is 7.60. The van der Waals surface area contributed by atoms with E-state index in [1.54, 1.807) is 12.1 Å². The molecule has 8 N–H and O–H groups in total. The second-order valence-electron chi connectivity index (χ2n) is 15.2. The Labute approximate surface area is 376 Å². The molecule has 4 aromatic rings. The largest absolute Gasteiger partial charge is 0.472 e. The predicted octanol–water partition coefficient (Wildman–Crippen LogP) is 0.801. The third-order valence-electron chi connectivity index (χ3n) is 10.9. The highest BCUT2D eigenvalue weighted by atomic mass is 31.2. The molecule has 67 heavy (non-hydrogen) atoms. The first-order valence-electron chi connectivity index (χ1n) is 20.2. The molecule has 3 aromatic heterocycles. The Morgan fingerprint density at radius 3 is 2.39 bits per heavy atom. The minimum Gasteiger partial charge on any atom is -0.455 e. The van der Waals surface area contributed by atoms with E-state index in [9.17, 15) is 43.3 Å². The zero-order valence-electron chi connectivity index (χ0n) is 34.6. The smallest absolute Gasteiger partial charge is 0.455 e. The standard InChI is InChI=1S/C35H42N12O18P2/c36-22-8-10-46(34(50)42-22)32-28(63-23-2-1-11-57-23)27(21(62-32)13-59-66(52,53)54)65-67(55,56)60-14-20-26(25(48)31(61-20)47-16-41-24-29(37)39-15-40-30(24)47)64-33(49)19-7-9-45(19)35(51)58-12-17-3-5-18(6-4-17)43-44-38/h3-6,8,10,15-16,19-21,23,25-28,31-32,48H,1-2,7,9,11-14H2,(H,55,56)(H2,36,42,50)(H2,37,39,40)(H2,52,53,54)/t19-,20+,21+,23?,25+,26+,27+,28+,31+,32+/m0/s1. The molecule has 7 heterocycles. The second-order valence-corrected chi connectivity index (χ2v) is 17.9. The van der Waals surface area contributed by atoms with Crippen LogP contribution in [0.15, 0.2) is 59.1 Å². The lowest BCUT2D eigenvalue weighted by atomic mass is 10.0. The van der Waals surface area contributed by atoms with Crippen LogP contribution in [0.25, 0.3) is 21.6 Å². The third-order valence-corrected chi connectivity index (χ3v) is 12.4. The lowest BCUT2D eigenvalue weighted by Gasteiger charge is -2.38. The lowest BCUT2D eigenvalue weighted by Crippen LogP contribution is -2.57. The Morgan fingerprint density at radius 1 is 0.955 bits per heavy atom. The number of phosphoric ester groups is 2. The summed E-state index contributed by atoms with van der Waals surface area (Å²) in [4.78, 5) is 89.8. The van der Waals surface area contributed by atoms with Gasteiger partial charge in [-0.25, -0.2) is 38.5 Å². The van der Waals surface area contributed by atoms with E-state index < -0.39 is 108 Å². The molecule has 2 unspecified atom stereocenters. The lowest BCUT2D eigenvalue weighted by molar-refractivity contribution is -0.181. The first kappa shape index (κ1) is 47.8. The van der Waals surface area contributed by atoms with Crippen LogP contribution in [0.3, 0.4) is 0 Å². The minimum atomic E-state index is -5.42. The topological polar surface area (TPSA) is 415 Å². The first-order valence-corrected chi connectivity index (χ1v) is 23.2. The van der Waals surface area contributed by atoms with E-state index >= 15 is 0 Å². The van der Waals surface area contributed by atoms with Crippen LogP contribution in [0.2, 0.25) is 0 Å². The summed E-state index contributed by atoms with van der Waals surface area (Å²) in [5.41, 5.74) is 20.4. The molecule has 4 aliphatic heterocycles. The van der Waals surface area contributed by atoms with Gasteiger partial charge in [0.25, 0.3) is 0 Å². The number of nitrogens with zero attached hydrogens (tertiary/aromatic N) is 10. The average Bonchev–Trinajstić information content (AvgIpc) is 4.06. The van der Waals surface area contributed by atoms with Gasteiger partial charge in [0, 0.05) is 36.4 Å². The van der Waals surface area contributed by atoms with Crippen LogP contribution < -0.4 is 17.2 Å². The number of fused-ring (bicyclic) bond motifs is 1. The molecule has 4 saturated heterocycles. The minimum absolute atomic E-state index is 0.0125. The molecule has 0 aliphatic carbocycles. The van der Waals surface area contributed by atoms with E-state index in [2.05, 4.69) is 34.5 Å². The van der Waals surface area contributed by atoms with Gasteiger partial charge in [-0.1, -0.05) is 29.4 Å². The summed E-state index contributed by atoms with van der Waals surface area (Å²) in [7, 11) is -10.6. The van der Waals surface area contributed by atoms with Gasteiger partial charge in [-0.05, 0) is 30.0 Å². The van der Waals surface area contributed by atoms with Crippen molar-refractivity contribution in [2.45, 2.75) is 87.3 Å². The number of imidazole rings is 1. The number of rotatable bonds is 17. The van der Waals surface area contributed by atoms with Crippen LogP contribution in [-0.2, 0) is 62.5 Å². The van der Waals surface area contributed by atoms with Crippen molar-refractivity contribution in [3.63, 3.8) is 0 Å². The van der Waals surface area contributed by atoms with Crippen LogP contribution in [-0.4, -0.2) is 141 Å². The van der Waals surface area contributed by atoms with Gasteiger partial charge in [0.15, 0.2) is 36.3 Å². The summed E-state index contributed by atoms with van der Waals surface area (Å²) in [6.07, 6.45) is -10.2. The molecule has 30 nitrogen and oxygen atoms in total. The number of amides is 1. The number of likely N-dealkylation sites (tertiary alicyclic amines) is 1. The Bertz CT molecular complexity index is 2660. The highest BCUT2D eigenvalue weighted by Gasteiger charge is 2.54. The van der Waals surface area contributed by atoms with E-state index in [1.165, 1.54) is 35.3 Å². The molecule has 11 atom stereocenters. The number of aromatic nitrogens is 6. The van der Waals surface area contributed by atoms with Crippen LogP contribution >= 0.6 is 15.6 Å². The molecule has 1 aromatic carbocycles. The van der Waals surface area contributed by atoms with Crippen molar-refractivity contribution in [1.82, 2.24) is 34.0 Å². The third kappa shape index (κ3) is 10.9. The van der Waals surface area contributed by atoms with Gasteiger partial charge >= 0.3 is 33.4 Å². The molecular weight excluding hydrogens is 938 g/mol. The van der Waals surface area contributed by atoms with E-state index in [4.69, 9.17) is 54.5 Å². The molecule has 0 radical (unpaired) electrons. The highest BCUT2D eigenvalue weighted by Crippen LogP contribution is 2.51. The quantitative estimate of drug-likeness (QED) is 0.0280. The van der Waals surface area contributed by atoms with Gasteiger partial charge in [-0.15, -0.1) is 0 Å². The number of aliphatic hydroxyl groups is 1. The van der Waals surface area contributed by atoms with Gasteiger partial charge in [-0.3, -0.25) is 27.6 Å². The molecule has 0 saturated carbocycles. The van der Waals surface area contributed by atoms with Gasteiger partial charge in [0.05, 0.1) is 19.5 Å². The number of hydrogen-bond donors (Lipinski definition) is 6. The van der Waals surface area contributed by atoms with Crippen molar-refractivity contribution in [2.75, 3.05) is 37.8 Å². The zero-order chi connectivity index (χ0) is 47.6. The Kier molecular flexibility index (Phi) is 14.2. The van der Waals surface area contributed by atoms with Crippen molar-refractivity contribution in [1.29, 1.82) is 0 Å². The van der Waals surface area contributed by atoms with Gasteiger partial charge in [0.2, 0.25) is 0 Å². The molecule has 4 aliphatic rings. The highest BCUT2D eigenvalue weighted by molar-refractivity contribution is 7.47. The summed E-state index contributed by atoms with van der Waals surface area (Å²) >= 11 is 0. The Balaban J connectivity index is 1.01. The number of benzene rings is 1. The fraction of sp³-hybridized carbons (Fsp3) is 0.514. The second kappa shape index (κ2) is 19.9. The number of hydrogen-bond acceptors (Lipinski definition) is 22. The van der Waals surface area contributed by atoms with E-state index in [0.717, 1.165) is 15.8 Å². The summed E-state index contributed by atoms with van der Waals surface area (Å²) < 4.78 is 78.4. The fourth-order valence-corrected chi connectivity index (χ4v) is 8.90. The van der Waals surface area contributed by atoms with Crippen molar-refractivity contribution in [3.8, 4) is 0 Å². The van der Waals surface area contributed by atoms with Crippen molar-refractivity contribution >= 4 is 56.2 Å². The molecule has 360 valence electrons. The number of carbonyl (C=O) groups excluding carboxylic acids is 2. The van der Waals surface area contributed by atoms with Crippen LogP contribution in [0.1, 0.15) is 37.3 Å². The molecule has 32 heteroatoms. The first-order chi connectivity index (χ1) is 32.0. The summed E-state index contributed by atoms with van der Waals surface area (Å²) in [5, 5.41) is 15.2. The number of nitrogens with two attached hydrogens (primary N) is 2. The molecule has 4 fully saturated rings. The number of esters is 1. The normalized spacial score (nSPS) is 28.1. The van der Waals surface area contributed by atoms with Gasteiger partial charge in [0.1, 0.15) is 60.8 Å². The van der Waals surface area contributed by atoms with Crippen LogP contribution in [0.4, 0.5) is 22.1 Å². The van der Waals surface area contributed by atoms with Crippen molar-refractivity contribution < 1.29 is 80.5 Å². The SMILES string of the molecule is [N-]=[N+]=Nc1ccc(COC(=O)N2CC[C@H]2C(=O)O[C@H]2[C@@H](O)[C@H](n3cnc4c(N)ncnc43)O[C@@H]2COP(=O)(O)O[C@H]2[C@@H](OC3CCCO3)[C@H](n3ccc(N)nc3=O)O[C@@H]2COP(=O)(O)O)cc1. The molecule has 0 bridgehead atoms. The summed E-state index contributed by atoms with van der Waals surface area (Å²) in [6, 6.07) is 6.26. The Morgan fingerprint density at radius 2 is 1.70 bits per heavy atom. The van der Waals surface area contributed by atoms with Crippen molar-refractivity contribution in [3.05, 3.63) is 75.7 Å². The average molecular weight is 981 g/mol. The Hall–Kier alpha value is -5.68. The molecule has 8 rings (SSSR count). The summed E-state index contributed by atoms with van der Waals surface area (Å²) in [6.45, 7) is -1.72. The van der Waals surface area contributed by atoms with E-state index in [0.29, 0.717) is 24.1 Å². The number of nitrogen functional groups attached to an aromatic ring is 2. The van der Waals surface area contributed by atoms with E-state index in [1.807, 2.05) is 0 Å². The zero-order valence-corrected chi connectivity index (χ0v) is 36.4. The van der Waals surface area contributed by atoms with E-state index in [-0.39, 0.29) is 49.0 Å². The number of phosphoric acid groups is 2. The van der Waals surface area contributed by atoms with Gasteiger partial charge < -0.3 is 59.7 Å². The maximum atomic E-state index is 14.0. The number of ether oxygens (including phenoxy) is 6. The maximum Gasteiger partial charge on any atom is 0.472 e. The van der Waals surface area contributed by atoms with Gasteiger partial charge in [-0.2, -0.15) is 4.98 Å². The van der Waals surface area contributed by atoms with Crippen LogP contribution in [0, 0.1) is 0 Å². The number of carbonyl (C=O) groups is 2. The van der Waals surface area contributed by atoms with Crippen LogP contribution in [0.5, 0.6) is 0 Å². The predicted molar refractivity (Wildman–Crippen MR) is 219 cm³/mol. The van der Waals surface area contributed by atoms with Crippen molar-refractivity contribution in [2.24, 2.45) is 5.11 Å². The number of azide groups is 1. The molecule has 1 amide bonds. The molecule has 0 spiro atoms. The maximum absolute atomic E-state index is 14.0. The number of anilines is 2. The monoisotopic (exact) mass is 980 g/mol. The molecular formula is C35H42N12O18P2.